The van der Waals surface area contributed by atoms with Gasteiger partial charge in [0.25, 0.3) is 5.91 Å². The first-order valence-electron chi connectivity index (χ1n) is 15.5. The van der Waals surface area contributed by atoms with E-state index in [4.69, 9.17) is 4.74 Å². The van der Waals surface area contributed by atoms with Crippen molar-refractivity contribution in [3.8, 4) is 5.75 Å². The molecule has 4 aliphatic heterocycles. The average Bonchev–Trinajstić information content (AvgIpc) is 3.49. The highest BCUT2D eigenvalue weighted by atomic mass is 16.5. The van der Waals surface area contributed by atoms with Gasteiger partial charge in [0.1, 0.15) is 5.75 Å². The minimum Gasteiger partial charge on any atom is -0.497 e. The Morgan fingerprint density at radius 3 is 1.93 bits per heavy atom. The smallest absolute Gasteiger partial charge is 0.268 e. The molecule has 4 heterocycles. The number of amides is 1. The van der Waals surface area contributed by atoms with E-state index in [0.717, 1.165) is 55.3 Å². The molecule has 0 saturated carbocycles. The number of anilines is 1. The van der Waals surface area contributed by atoms with Crippen LogP contribution in [0.3, 0.4) is 0 Å². The lowest BCUT2D eigenvalue weighted by Gasteiger charge is -2.43. The first-order chi connectivity index (χ1) is 20.4. The standard InChI is InChI=1S/C36H42N4O2/c1-35(2)23-29(26-37-17-11-6-12-18-37)31-21-30(42-3)22-32-33(31)40(35)34(41)36(32)38(24-27-13-7-4-8-14-27)19-20-39(36)25-28-15-9-5-10-16-28/h4-5,7-10,13-16,21-23H,6,11-12,17-20,24-26H2,1-3H3. The lowest BCUT2D eigenvalue weighted by molar-refractivity contribution is -0.139. The van der Waals surface area contributed by atoms with Gasteiger partial charge in [0.2, 0.25) is 0 Å². The molecule has 4 aliphatic rings. The maximum atomic E-state index is 15.3. The van der Waals surface area contributed by atoms with E-state index in [2.05, 4.69) is 112 Å². The number of fused-ring (bicyclic) bond motifs is 1. The minimum absolute atomic E-state index is 0.148. The third-order valence-corrected chi connectivity index (χ3v) is 9.70. The Hall–Kier alpha value is -3.45. The van der Waals surface area contributed by atoms with Crippen LogP contribution in [0.5, 0.6) is 5.75 Å². The van der Waals surface area contributed by atoms with E-state index in [-0.39, 0.29) is 5.91 Å². The van der Waals surface area contributed by atoms with Crippen LogP contribution in [0.15, 0.2) is 78.9 Å². The maximum absolute atomic E-state index is 15.3. The SMILES string of the molecule is COc1cc2c3c(c1)C1(C(=O)N3C(C)(C)C=C2CN2CCCCC2)N(Cc2ccccc2)CCN1Cc1ccccc1. The van der Waals surface area contributed by atoms with E-state index < -0.39 is 11.2 Å². The van der Waals surface area contributed by atoms with E-state index in [1.54, 1.807) is 7.11 Å². The van der Waals surface area contributed by atoms with E-state index in [0.29, 0.717) is 13.1 Å². The van der Waals surface area contributed by atoms with Gasteiger partial charge in [-0.15, -0.1) is 0 Å². The summed E-state index contributed by atoms with van der Waals surface area (Å²) in [4.78, 5) is 24.8. The fourth-order valence-electron chi connectivity index (χ4n) is 7.83. The van der Waals surface area contributed by atoms with Crippen molar-refractivity contribution in [1.82, 2.24) is 14.7 Å². The summed E-state index contributed by atoms with van der Waals surface area (Å²) in [5.74, 6) is 0.961. The predicted molar refractivity (Wildman–Crippen MR) is 168 cm³/mol. The molecule has 0 atom stereocenters. The number of benzene rings is 3. The number of ether oxygens (including phenoxy) is 1. The van der Waals surface area contributed by atoms with Gasteiger partial charge in [0.15, 0.2) is 5.66 Å². The van der Waals surface area contributed by atoms with Crippen molar-refractivity contribution < 1.29 is 9.53 Å². The van der Waals surface area contributed by atoms with Crippen molar-refractivity contribution in [3.63, 3.8) is 0 Å². The van der Waals surface area contributed by atoms with Crippen molar-refractivity contribution in [3.05, 3.63) is 101 Å². The van der Waals surface area contributed by atoms with Crippen LogP contribution in [0, 0.1) is 0 Å². The zero-order valence-corrected chi connectivity index (χ0v) is 25.2. The predicted octanol–water partition coefficient (Wildman–Crippen LogP) is 5.87. The monoisotopic (exact) mass is 562 g/mol. The van der Waals surface area contributed by atoms with Crippen LogP contribution in [-0.4, -0.2) is 66.0 Å². The second kappa shape index (κ2) is 10.7. The number of carbonyl (C=O) groups is 1. The van der Waals surface area contributed by atoms with Crippen LogP contribution >= 0.6 is 0 Å². The Bertz CT molecular complexity index is 1440. The van der Waals surface area contributed by atoms with Gasteiger partial charge in [-0.25, -0.2) is 0 Å². The first-order valence-corrected chi connectivity index (χ1v) is 15.5. The van der Waals surface area contributed by atoms with Crippen LogP contribution in [-0.2, 0) is 23.5 Å². The third kappa shape index (κ3) is 4.39. The van der Waals surface area contributed by atoms with Gasteiger partial charge in [0.05, 0.1) is 18.3 Å². The number of carbonyl (C=O) groups excluding carboxylic acids is 1. The summed E-state index contributed by atoms with van der Waals surface area (Å²) < 4.78 is 5.97. The molecule has 42 heavy (non-hydrogen) atoms. The maximum Gasteiger partial charge on any atom is 0.268 e. The number of hydrogen-bond acceptors (Lipinski definition) is 5. The molecule has 2 fully saturated rings. The molecule has 0 unspecified atom stereocenters. The van der Waals surface area contributed by atoms with Crippen LogP contribution < -0.4 is 9.64 Å². The number of piperidine rings is 1. The minimum atomic E-state index is -0.921. The molecule has 0 bridgehead atoms. The highest BCUT2D eigenvalue weighted by Crippen LogP contribution is 2.57. The average molecular weight is 563 g/mol. The Kier molecular flexibility index (Phi) is 6.96. The molecule has 6 nitrogen and oxygen atoms in total. The highest BCUT2D eigenvalue weighted by Gasteiger charge is 2.64. The number of likely N-dealkylation sites (tertiary alicyclic amines) is 1. The van der Waals surface area contributed by atoms with Gasteiger partial charge >= 0.3 is 0 Å². The van der Waals surface area contributed by atoms with E-state index in [1.165, 1.54) is 36.0 Å². The summed E-state index contributed by atoms with van der Waals surface area (Å²) in [5, 5.41) is 0. The Labute approximate surface area is 250 Å². The number of nitrogens with zero attached hydrogens (tertiary/aromatic N) is 4. The van der Waals surface area contributed by atoms with E-state index in [9.17, 15) is 0 Å². The fourth-order valence-corrected chi connectivity index (χ4v) is 7.83. The molecule has 0 aromatic heterocycles. The topological polar surface area (TPSA) is 39.3 Å². The van der Waals surface area contributed by atoms with Crippen molar-refractivity contribution in [2.24, 2.45) is 0 Å². The van der Waals surface area contributed by atoms with Gasteiger partial charge in [0, 0.05) is 43.9 Å². The van der Waals surface area contributed by atoms with Crippen LogP contribution in [0.4, 0.5) is 5.69 Å². The zero-order valence-electron chi connectivity index (χ0n) is 25.2. The van der Waals surface area contributed by atoms with Gasteiger partial charge in [-0.3, -0.25) is 24.4 Å². The second-order valence-corrected chi connectivity index (χ2v) is 12.9. The Morgan fingerprint density at radius 2 is 1.36 bits per heavy atom. The number of rotatable bonds is 7. The first kappa shape index (κ1) is 27.4. The molecule has 218 valence electrons. The largest absolute Gasteiger partial charge is 0.497 e. The molecule has 3 aromatic carbocycles. The fraction of sp³-hybridized carbons (Fsp3) is 0.417. The summed E-state index contributed by atoms with van der Waals surface area (Å²) in [6, 6.07) is 25.5. The Balaban J connectivity index is 1.41. The molecule has 0 aliphatic carbocycles. The lowest BCUT2D eigenvalue weighted by Crippen LogP contribution is -2.60. The Morgan fingerprint density at radius 1 is 0.762 bits per heavy atom. The van der Waals surface area contributed by atoms with Crippen LogP contribution in [0.2, 0.25) is 0 Å². The molecule has 7 rings (SSSR count). The lowest BCUT2D eigenvalue weighted by atomic mass is 9.87. The second-order valence-electron chi connectivity index (χ2n) is 12.9. The molecule has 1 spiro atoms. The number of hydrogen-bond donors (Lipinski definition) is 0. The molecule has 1 amide bonds. The van der Waals surface area contributed by atoms with Crippen molar-refractivity contribution in [1.29, 1.82) is 0 Å². The third-order valence-electron chi connectivity index (χ3n) is 9.70. The molecular formula is C36H42N4O2. The summed E-state index contributed by atoms with van der Waals surface area (Å²) >= 11 is 0. The molecule has 0 radical (unpaired) electrons. The summed E-state index contributed by atoms with van der Waals surface area (Å²) in [7, 11) is 1.74. The zero-order chi connectivity index (χ0) is 28.9. The van der Waals surface area contributed by atoms with Gasteiger partial charge < -0.3 is 4.74 Å². The van der Waals surface area contributed by atoms with Crippen molar-refractivity contribution in [2.75, 3.05) is 44.7 Å². The van der Waals surface area contributed by atoms with E-state index >= 15 is 4.79 Å². The molecular weight excluding hydrogens is 520 g/mol. The van der Waals surface area contributed by atoms with E-state index in [1.807, 2.05) is 0 Å². The molecule has 3 aromatic rings. The normalized spacial score (nSPS) is 21.5. The molecule has 0 N–H and O–H groups in total. The molecule has 6 heteroatoms. The number of methoxy groups -OCH3 is 1. The van der Waals surface area contributed by atoms with Gasteiger partial charge in [-0.2, -0.15) is 0 Å². The highest BCUT2D eigenvalue weighted by molar-refractivity contribution is 6.13. The van der Waals surface area contributed by atoms with Gasteiger partial charge in [-0.1, -0.05) is 73.2 Å². The van der Waals surface area contributed by atoms with Crippen molar-refractivity contribution >= 4 is 17.2 Å². The van der Waals surface area contributed by atoms with Crippen molar-refractivity contribution in [2.45, 2.75) is 57.4 Å². The summed E-state index contributed by atoms with van der Waals surface area (Å²) in [6.45, 7) is 10.6. The van der Waals surface area contributed by atoms with Gasteiger partial charge in [-0.05, 0) is 68.6 Å². The summed E-state index contributed by atoms with van der Waals surface area (Å²) in [6.07, 6.45) is 6.17. The molecule has 2 saturated heterocycles. The quantitative estimate of drug-likeness (QED) is 0.360. The summed E-state index contributed by atoms with van der Waals surface area (Å²) in [5.41, 5.74) is 5.63. The van der Waals surface area contributed by atoms with Crippen LogP contribution in [0.1, 0.15) is 55.4 Å². The van der Waals surface area contributed by atoms with Crippen LogP contribution in [0.25, 0.3) is 5.57 Å².